The third kappa shape index (κ3) is 6.13. The van der Waals surface area contributed by atoms with Crippen LogP contribution in [-0.4, -0.2) is 39.4 Å². The number of ether oxygens (including phenoxy) is 1. The molecule has 0 radical (unpaired) electrons. The van der Waals surface area contributed by atoms with Crippen LogP contribution in [0.4, 0.5) is 5.69 Å². The smallest absolute Gasteiger partial charge is 0.251 e. The molecule has 0 bridgehead atoms. The number of carbonyl (C=O) groups is 2. The lowest BCUT2D eigenvalue weighted by molar-refractivity contribution is -0.113. The Bertz CT molecular complexity index is 1120. The maximum atomic E-state index is 12.5. The van der Waals surface area contributed by atoms with Gasteiger partial charge in [0.25, 0.3) is 5.91 Å². The summed E-state index contributed by atoms with van der Waals surface area (Å²) in [5.41, 5.74) is 4.63. The molecule has 3 aromatic rings. The summed E-state index contributed by atoms with van der Waals surface area (Å²) in [4.78, 5) is 25.0. The number of rotatable bonds is 9. The molecule has 0 fully saturated rings. The molecule has 3 rings (SSSR count). The zero-order chi connectivity index (χ0) is 24.0. The van der Waals surface area contributed by atoms with Gasteiger partial charge in [0.1, 0.15) is 5.75 Å². The fourth-order valence-electron chi connectivity index (χ4n) is 3.56. The number of methoxy groups -OCH3 is 1. The minimum Gasteiger partial charge on any atom is -0.497 e. The number of nitrogens with one attached hydrogen (secondary N) is 2. The predicted octanol–water partition coefficient (Wildman–Crippen LogP) is 3.89. The molecule has 0 unspecified atom stereocenters. The molecule has 0 aliphatic rings. The lowest BCUT2D eigenvalue weighted by Crippen LogP contribution is -2.24. The third-order valence-corrected chi connectivity index (χ3v) is 6.11. The van der Waals surface area contributed by atoms with Crippen molar-refractivity contribution < 1.29 is 14.3 Å². The summed E-state index contributed by atoms with van der Waals surface area (Å²) in [5.74, 6) is 1.22. The van der Waals surface area contributed by atoms with E-state index in [0.717, 1.165) is 16.8 Å². The number of hydrogen-bond donors (Lipinski definition) is 2. The Morgan fingerprint density at radius 1 is 1.06 bits per heavy atom. The molecule has 2 aromatic carbocycles. The summed E-state index contributed by atoms with van der Waals surface area (Å²) >= 11 is 1.32. The Balaban J connectivity index is 1.58. The molecule has 2 N–H and O–H groups in total. The molecular weight excluding hydrogens is 438 g/mol. The summed E-state index contributed by atoms with van der Waals surface area (Å²) < 4.78 is 7.01. The lowest BCUT2D eigenvalue weighted by atomic mass is 10.1. The zero-order valence-corrected chi connectivity index (χ0v) is 20.4. The van der Waals surface area contributed by atoms with Gasteiger partial charge in [0, 0.05) is 17.8 Å². The highest BCUT2D eigenvalue weighted by atomic mass is 32.2. The van der Waals surface area contributed by atoms with Gasteiger partial charge >= 0.3 is 0 Å². The molecule has 0 aliphatic heterocycles. The highest BCUT2D eigenvalue weighted by Gasteiger charge is 2.15. The van der Waals surface area contributed by atoms with Crippen LogP contribution in [0.2, 0.25) is 0 Å². The van der Waals surface area contributed by atoms with Crippen molar-refractivity contribution in [2.24, 2.45) is 0 Å². The predicted molar refractivity (Wildman–Crippen MR) is 130 cm³/mol. The Hall–Kier alpha value is -3.33. The van der Waals surface area contributed by atoms with Crippen LogP contribution >= 0.6 is 11.8 Å². The van der Waals surface area contributed by atoms with E-state index in [4.69, 9.17) is 4.74 Å². The van der Waals surface area contributed by atoms with Crippen molar-refractivity contribution >= 4 is 29.3 Å². The maximum absolute atomic E-state index is 12.5. The van der Waals surface area contributed by atoms with E-state index in [-0.39, 0.29) is 24.1 Å². The molecule has 0 saturated carbocycles. The topological polar surface area (TPSA) is 98.1 Å². The highest BCUT2D eigenvalue weighted by Crippen LogP contribution is 2.23. The van der Waals surface area contributed by atoms with E-state index in [0.29, 0.717) is 28.8 Å². The van der Waals surface area contributed by atoms with Crippen molar-refractivity contribution in [3.8, 4) is 5.75 Å². The molecular formula is C24H29N5O3S. The van der Waals surface area contributed by atoms with Crippen molar-refractivity contribution in [3.05, 3.63) is 64.5 Å². The van der Waals surface area contributed by atoms with E-state index < -0.39 is 0 Å². The van der Waals surface area contributed by atoms with Gasteiger partial charge < -0.3 is 19.9 Å². The molecule has 8 nitrogen and oxygen atoms in total. The van der Waals surface area contributed by atoms with Gasteiger partial charge in [-0.25, -0.2) is 0 Å². The van der Waals surface area contributed by atoms with Crippen molar-refractivity contribution in [2.45, 2.75) is 45.9 Å². The fraction of sp³-hybridized carbons (Fsp3) is 0.333. The Morgan fingerprint density at radius 3 is 2.33 bits per heavy atom. The number of hydrogen-bond acceptors (Lipinski definition) is 6. The second-order valence-corrected chi connectivity index (χ2v) is 8.61. The summed E-state index contributed by atoms with van der Waals surface area (Å²) in [7, 11) is 1.58. The average molecular weight is 468 g/mol. The van der Waals surface area contributed by atoms with Crippen LogP contribution in [0.1, 0.15) is 39.8 Å². The number of anilines is 1. The molecule has 174 valence electrons. The molecule has 0 saturated heterocycles. The van der Waals surface area contributed by atoms with Crippen LogP contribution < -0.4 is 15.4 Å². The number of nitrogens with zero attached hydrogens (tertiary/aromatic N) is 3. The second-order valence-electron chi connectivity index (χ2n) is 7.66. The number of benzene rings is 2. The van der Waals surface area contributed by atoms with E-state index in [2.05, 4.69) is 33.0 Å². The van der Waals surface area contributed by atoms with Crippen LogP contribution in [0.15, 0.2) is 41.6 Å². The van der Waals surface area contributed by atoms with E-state index >= 15 is 0 Å². The summed E-state index contributed by atoms with van der Waals surface area (Å²) in [6.07, 6.45) is 0. The molecule has 0 spiro atoms. The number of carbonyl (C=O) groups excluding carboxylic acids is 2. The van der Waals surface area contributed by atoms with Gasteiger partial charge in [-0.05, 0) is 63.1 Å². The van der Waals surface area contributed by atoms with Crippen molar-refractivity contribution in [1.29, 1.82) is 0 Å². The standard InChI is InChI=1S/C24H29N5O3S/c1-6-29-20(13-25-23(31)18-7-9-19(32-5)10-8-18)27-28-24(29)33-14-21(30)26-22-16(3)11-15(2)12-17(22)4/h7-12H,6,13-14H2,1-5H3,(H,25,31)(H,26,30). The minimum absolute atomic E-state index is 0.102. The van der Waals surface area contributed by atoms with Gasteiger partial charge in [-0.2, -0.15) is 0 Å². The van der Waals surface area contributed by atoms with Gasteiger partial charge in [-0.1, -0.05) is 29.5 Å². The van der Waals surface area contributed by atoms with Gasteiger partial charge in [-0.3, -0.25) is 9.59 Å². The van der Waals surface area contributed by atoms with Crippen molar-refractivity contribution in [1.82, 2.24) is 20.1 Å². The number of amides is 2. The normalized spacial score (nSPS) is 10.7. The number of aromatic nitrogens is 3. The first kappa shape index (κ1) is 24.3. The van der Waals surface area contributed by atoms with Crippen molar-refractivity contribution in [3.63, 3.8) is 0 Å². The van der Waals surface area contributed by atoms with Crippen molar-refractivity contribution in [2.75, 3.05) is 18.2 Å². The van der Waals surface area contributed by atoms with Crippen LogP contribution in [0, 0.1) is 20.8 Å². The molecule has 1 heterocycles. The monoisotopic (exact) mass is 467 g/mol. The van der Waals surface area contributed by atoms with Crippen LogP contribution in [0.5, 0.6) is 5.75 Å². The summed E-state index contributed by atoms with van der Waals surface area (Å²) in [6, 6.07) is 11.0. The van der Waals surface area contributed by atoms with Crippen LogP contribution in [0.25, 0.3) is 0 Å². The lowest BCUT2D eigenvalue weighted by Gasteiger charge is -2.13. The molecule has 0 aliphatic carbocycles. The fourth-order valence-corrected chi connectivity index (χ4v) is 4.38. The Labute approximate surface area is 198 Å². The van der Waals surface area contributed by atoms with E-state index in [9.17, 15) is 9.59 Å². The SMILES string of the molecule is CCn1c(CNC(=O)c2ccc(OC)cc2)nnc1SCC(=O)Nc1c(C)cc(C)cc1C. The quantitative estimate of drug-likeness (QED) is 0.463. The maximum Gasteiger partial charge on any atom is 0.251 e. The minimum atomic E-state index is -0.208. The van der Waals surface area contributed by atoms with Crippen LogP contribution in [0.3, 0.4) is 0 Å². The summed E-state index contributed by atoms with van der Waals surface area (Å²) in [5, 5.41) is 14.9. The van der Waals surface area contributed by atoms with Gasteiger partial charge in [-0.15, -0.1) is 10.2 Å². The number of aryl methyl sites for hydroxylation is 3. The Morgan fingerprint density at radius 2 is 1.73 bits per heavy atom. The first-order valence-electron chi connectivity index (χ1n) is 10.7. The first-order chi connectivity index (χ1) is 15.8. The second kappa shape index (κ2) is 11.0. The largest absolute Gasteiger partial charge is 0.497 e. The molecule has 33 heavy (non-hydrogen) atoms. The molecule has 0 atom stereocenters. The number of thioether (sulfide) groups is 1. The Kier molecular flexibility index (Phi) is 8.11. The van der Waals surface area contributed by atoms with E-state index in [1.165, 1.54) is 17.3 Å². The van der Waals surface area contributed by atoms with Crippen LogP contribution in [-0.2, 0) is 17.9 Å². The van der Waals surface area contributed by atoms with E-state index in [1.807, 2.05) is 32.3 Å². The highest BCUT2D eigenvalue weighted by molar-refractivity contribution is 7.99. The average Bonchev–Trinajstić information content (AvgIpc) is 3.20. The van der Waals surface area contributed by atoms with E-state index in [1.54, 1.807) is 31.4 Å². The molecule has 9 heteroatoms. The first-order valence-corrected chi connectivity index (χ1v) is 11.7. The molecule has 2 amide bonds. The van der Waals surface area contributed by atoms with Gasteiger partial charge in [0.05, 0.1) is 19.4 Å². The summed E-state index contributed by atoms with van der Waals surface area (Å²) in [6.45, 7) is 8.85. The van der Waals surface area contributed by atoms with Gasteiger partial charge in [0.2, 0.25) is 5.91 Å². The van der Waals surface area contributed by atoms with Gasteiger partial charge in [0.15, 0.2) is 11.0 Å². The third-order valence-electron chi connectivity index (χ3n) is 5.14. The molecule has 1 aromatic heterocycles. The zero-order valence-electron chi connectivity index (χ0n) is 19.6.